The van der Waals surface area contributed by atoms with E-state index in [4.69, 9.17) is 16.3 Å². The molecular formula is C19H13ClFN3O3S. The molecule has 2 amide bonds. The molecule has 4 rings (SSSR count). The van der Waals surface area contributed by atoms with Gasteiger partial charge in [-0.2, -0.15) is 0 Å². The second-order valence-electron chi connectivity index (χ2n) is 5.98. The lowest BCUT2D eigenvalue weighted by Crippen LogP contribution is -2.43. The predicted octanol–water partition coefficient (Wildman–Crippen LogP) is 3.97. The zero-order chi connectivity index (χ0) is 19.7. The number of rotatable bonds is 4. The molecule has 0 saturated heterocycles. The summed E-state index contributed by atoms with van der Waals surface area (Å²) in [6.07, 6.45) is 0. The van der Waals surface area contributed by atoms with Crippen molar-refractivity contribution in [3.8, 4) is 17.0 Å². The van der Waals surface area contributed by atoms with E-state index in [1.165, 1.54) is 28.4 Å². The molecule has 3 aromatic rings. The third-order valence-corrected chi connectivity index (χ3v) is 5.03. The molecule has 0 unspecified atom stereocenters. The van der Waals surface area contributed by atoms with Crippen LogP contribution in [0, 0.1) is 5.82 Å². The number of amides is 2. The summed E-state index contributed by atoms with van der Waals surface area (Å²) in [5.41, 5.74) is 1.61. The van der Waals surface area contributed by atoms with Gasteiger partial charge >= 0.3 is 0 Å². The Morgan fingerprint density at radius 2 is 2.18 bits per heavy atom. The molecule has 0 bridgehead atoms. The largest absolute Gasteiger partial charge is 0.482 e. The molecule has 142 valence electrons. The van der Waals surface area contributed by atoms with Crippen LogP contribution in [0.5, 0.6) is 5.75 Å². The Hall–Kier alpha value is -2.97. The van der Waals surface area contributed by atoms with Gasteiger partial charge in [-0.3, -0.25) is 14.5 Å². The molecule has 0 fully saturated rings. The first-order valence-electron chi connectivity index (χ1n) is 8.23. The van der Waals surface area contributed by atoms with Crippen molar-refractivity contribution in [3.63, 3.8) is 0 Å². The summed E-state index contributed by atoms with van der Waals surface area (Å²) >= 11 is 7.21. The fraction of sp³-hybridized carbons (Fsp3) is 0.105. The van der Waals surface area contributed by atoms with E-state index < -0.39 is 5.91 Å². The molecule has 1 N–H and O–H groups in total. The highest BCUT2D eigenvalue weighted by Gasteiger charge is 2.27. The Morgan fingerprint density at radius 1 is 1.32 bits per heavy atom. The summed E-state index contributed by atoms with van der Waals surface area (Å²) in [5, 5.41) is 5.18. The monoisotopic (exact) mass is 417 g/mol. The highest BCUT2D eigenvalue weighted by Crippen LogP contribution is 2.34. The van der Waals surface area contributed by atoms with Crippen molar-refractivity contribution >= 4 is 45.6 Å². The van der Waals surface area contributed by atoms with Gasteiger partial charge in [0.05, 0.1) is 11.4 Å². The van der Waals surface area contributed by atoms with Gasteiger partial charge in [-0.25, -0.2) is 9.37 Å². The van der Waals surface area contributed by atoms with Crippen LogP contribution in [0.4, 0.5) is 15.2 Å². The van der Waals surface area contributed by atoms with Gasteiger partial charge in [0.25, 0.3) is 5.91 Å². The van der Waals surface area contributed by atoms with E-state index in [-0.39, 0.29) is 24.9 Å². The maximum Gasteiger partial charge on any atom is 0.265 e. The number of hydrogen-bond donors (Lipinski definition) is 1. The summed E-state index contributed by atoms with van der Waals surface area (Å²) in [5.74, 6) is -0.635. The lowest BCUT2D eigenvalue weighted by molar-refractivity contribution is -0.123. The first kappa shape index (κ1) is 18.4. The van der Waals surface area contributed by atoms with Crippen molar-refractivity contribution in [2.75, 3.05) is 23.4 Å². The Kier molecular flexibility index (Phi) is 4.97. The zero-order valence-corrected chi connectivity index (χ0v) is 15.9. The standard InChI is InChI=1S/C19H13ClFN3O3S/c20-12-4-5-16-15(7-12)24(18(26)9-27-16)8-17(25)23-19-22-14(10-28-19)11-2-1-3-13(21)6-11/h1-7,10H,8-9H2,(H,22,23,25). The highest BCUT2D eigenvalue weighted by molar-refractivity contribution is 7.14. The highest BCUT2D eigenvalue weighted by atomic mass is 35.5. The minimum absolute atomic E-state index is 0.150. The minimum atomic E-state index is -0.415. The first-order valence-corrected chi connectivity index (χ1v) is 9.49. The Balaban J connectivity index is 1.48. The van der Waals surface area contributed by atoms with Crippen LogP contribution >= 0.6 is 22.9 Å². The number of aromatic nitrogens is 1. The van der Waals surface area contributed by atoms with Crippen LogP contribution in [0.2, 0.25) is 5.02 Å². The normalized spacial score (nSPS) is 13.1. The SMILES string of the molecule is O=C(CN1C(=O)COc2ccc(Cl)cc21)Nc1nc(-c2cccc(F)c2)cs1. The molecule has 2 aromatic carbocycles. The Bertz CT molecular complexity index is 1070. The fourth-order valence-corrected chi connectivity index (χ4v) is 3.66. The number of thiazole rings is 1. The van der Waals surface area contributed by atoms with E-state index in [0.29, 0.717) is 32.8 Å². The van der Waals surface area contributed by atoms with E-state index in [2.05, 4.69) is 10.3 Å². The van der Waals surface area contributed by atoms with Gasteiger partial charge in [-0.1, -0.05) is 23.7 Å². The molecule has 6 nitrogen and oxygen atoms in total. The quantitative estimate of drug-likeness (QED) is 0.697. The van der Waals surface area contributed by atoms with Gasteiger partial charge in [0.1, 0.15) is 18.1 Å². The molecule has 0 saturated carbocycles. The molecule has 2 heterocycles. The number of nitrogens with zero attached hydrogens (tertiary/aromatic N) is 2. The molecule has 1 aliphatic heterocycles. The average Bonchev–Trinajstić information content (AvgIpc) is 3.12. The van der Waals surface area contributed by atoms with Crippen LogP contribution in [-0.2, 0) is 9.59 Å². The zero-order valence-electron chi connectivity index (χ0n) is 14.3. The number of hydrogen-bond acceptors (Lipinski definition) is 5. The summed E-state index contributed by atoms with van der Waals surface area (Å²) in [4.78, 5) is 30.3. The summed E-state index contributed by atoms with van der Waals surface area (Å²) in [6.45, 7) is -0.354. The van der Waals surface area contributed by atoms with E-state index in [1.54, 1.807) is 35.7 Å². The molecule has 1 aromatic heterocycles. The topological polar surface area (TPSA) is 71.5 Å². The number of carbonyl (C=O) groups is 2. The van der Waals surface area contributed by atoms with Crippen LogP contribution in [0.3, 0.4) is 0 Å². The van der Waals surface area contributed by atoms with Crippen LogP contribution < -0.4 is 15.0 Å². The van der Waals surface area contributed by atoms with Crippen molar-refractivity contribution in [2.45, 2.75) is 0 Å². The van der Waals surface area contributed by atoms with Crippen molar-refractivity contribution < 1.29 is 18.7 Å². The number of ether oxygens (including phenoxy) is 1. The molecule has 0 spiro atoms. The van der Waals surface area contributed by atoms with Crippen LogP contribution in [0.1, 0.15) is 0 Å². The third kappa shape index (κ3) is 3.83. The van der Waals surface area contributed by atoms with E-state index in [1.807, 2.05) is 0 Å². The fourth-order valence-electron chi connectivity index (χ4n) is 2.76. The van der Waals surface area contributed by atoms with Gasteiger partial charge in [-0.05, 0) is 30.3 Å². The number of fused-ring (bicyclic) bond motifs is 1. The lowest BCUT2D eigenvalue weighted by Gasteiger charge is -2.28. The number of anilines is 2. The van der Waals surface area contributed by atoms with Gasteiger partial charge in [0, 0.05) is 16.0 Å². The van der Waals surface area contributed by atoms with Crippen LogP contribution in [0.15, 0.2) is 47.8 Å². The first-order chi connectivity index (χ1) is 13.5. The second kappa shape index (κ2) is 7.57. The molecule has 28 heavy (non-hydrogen) atoms. The molecule has 0 aliphatic carbocycles. The van der Waals surface area contributed by atoms with Crippen LogP contribution in [-0.4, -0.2) is 29.9 Å². The molecule has 0 atom stereocenters. The molecule has 1 aliphatic rings. The smallest absolute Gasteiger partial charge is 0.265 e. The van der Waals surface area contributed by atoms with Crippen molar-refractivity contribution in [3.05, 3.63) is 58.7 Å². The molecule has 0 radical (unpaired) electrons. The van der Waals surface area contributed by atoms with Gasteiger partial charge in [0.15, 0.2) is 11.7 Å². The van der Waals surface area contributed by atoms with E-state index >= 15 is 0 Å². The molecule has 9 heteroatoms. The summed E-state index contributed by atoms with van der Waals surface area (Å²) < 4.78 is 18.7. The Labute approximate surface area is 168 Å². The number of benzene rings is 2. The molecular weight excluding hydrogens is 405 g/mol. The van der Waals surface area contributed by atoms with Crippen molar-refractivity contribution in [1.82, 2.24) is 4.98 Å². The van der Waals surface area contributed by atoms with E-state index in [0.717, 1.165) is 0 Å². The summed E-state index contributed by atoms with van der Waals surface area (Å²) in [7, 11) is 0. The third-order valence-electron chi connectivity index (χ3n) is 4.04. The Morgan fingerprint density at radius 3 is 3.00 bits per heavy atom. The minimum Gasteiger partial charge on any atom is -0.482 e. The van der Waals surface area contributed by atoms with Crippen LogP contribution in [0.25, 0.3) is 11.3 Å². The van der Waals surface area contributed by atoms with Crippen molar-refractivity contribution in [2.24, 2.45) is 0 Å². The van der Waals surface area contributed by atoms with Gasteiger partial charge in [0.2, 0.25) is 5.91 Å². The van der Waals surface area contributed by atoms with Gasteiger partial charge in [-0.15, -0.1) is 11.3 Å². The van der Waals surface area contributed by atoms with E-state index in [9.17, 15) is 14.0 Å². The predicted molar refractivity (Wildman–Crippen MR) is 105 cm³/mol. The second-order valence-corrected chi connectivity index (χ2v) is 7.27. The lowest BCUT2D eigenvalue weighted by atomic mass is 10.2. The summed E-state index contributed by atoms with van der Waals surface area (Å²) in [6, 6.07) is 10.9. The maximum absolute atomic E-state index is 13.4. The maximum atomic E-state index is 13.4. The number of halogens is 2. The number of carbonyl (C=O) groups excluding carboxylic acids is 2. The van der Waals surface area contributed by atoms with Crippen molar-refractivity contribution in [1.29, 1.82) is 0 Å². The number of nitrogens with one attached hydrogen (secondary N) is 1. The van der Waals surface area contributed by atoms with Gasteiger partial charge < -0.3 is 10.1 Å². The average molecular weight is 418 g/mol.